The quantitative estimate of drug-likeness (QED) is 0.601. The fourth-order valence-electron chi connectivity index (χ4n) is 1.53. The zero-order chi connectivity index (χ0) is 13.3. The van der Waals surface area contributed by atoms with E-state index in [0.717, 1.165) is 38.8 Å². The van der Waals surface area contributed by atoms with Gasteiger partial charge in [-0.2, -0.15) is 0 Å². The minimum absolute atomic E-state index is 0.0997. The lowest BCUT2D eigenvalue weighted by molar-refractivity contribution is -0.123. The second kappa shape index (κ2) is 8.48. The Labute approximate surface area is 106 Å². The van der Waals surface area contributed by atoms with Crippen LogP contribution in [0.1, 0.15) is 46.5 Å². The number of amides is 1. The molecule has 0 saturated carbocycles. The maximum Gasteiger partial charge on any atom is 0.234 e. The van der Waals surface area contributed by atoms with Crippen LogP contribution in [0.2, 0.25) is 0 Å². The van der Waals surface area contributed by atoms with Gasteiger partial charge in [-0.1, -0.05) is 13.3 Å². The van der Waals surface area contributed by atoms with Crippen molar-refractivity contribution in [3.8, 4) is 0 Å². The van der Waals surface area contributed by atoms with Crippen molar-refractivity contribution in [3.63, 3.8) is 0 Å². The Bertz CT molecular complexity index is 217. The monoisotopic (exact) mass is 243 g/mol. The predicted octanol–water partition coefficient (Wildman–Crippen LogP) is 1.35. The molecule has 17 heavy (non-hydrogen) atoms. The van der Waals surface area contributed by atoms with Gasteiger partial charge in [0.15, 0.2) is 0 Å². The van der Waals surface area contributed by atoms with Gasteiger partial charge >= 0.3 is 0 Å². The lowest BCUT2D eigenvalue weighted by Gasteiger charge is -2.26. The summed E-state index contributed by atoms with van der Waals surface area (Å²) < 4.78 is 0. The van der Waals surface area contributed by atoms with Crippen molar-refractivity contribution in [2.75, 3.05) is 26.7 Å². The average molecular weight is 243 g/mol. The van der Waals surface area contributed by atoms with Crippen LogP contribution < -0.4 is 11.1 Å². The van der Waals surface area contributed by atoms with Crippen molar-refractivity contribution in [1.82, 2.24) is 10.2 Å². The Kier molecular flexibility index (Phi) is 8.17. The number of unbranched alkanes of at least 4 members (excludes halogenated alkanes) is 2. The van der Waals surface area contributed by atoms with E-state index >= 15 is 0 Å². The Balaban J connectivity index is 3.73. The van der Waals surface area contributed by atoms with E-state index in [4.69, 9.17) is 5.73 Å². The zero-order valence-electron chi connectivity index (χ0n) is 11.9. The highest BCUT2D eigenvalue weighted by atomic mass is 16.2. The molecule has 0 radical (unpaired) electrons. The molecular formula is C13H29N3O. The van der Waals surface area contributed by atoms with E-state index in [1.54, 1.807) is 0 Å². The summed E-state index contributed by atoms with van der Waals surface area (Å²) in [6.45, 7) is 8.37. The van der Waals surface area contributed by atoms with Crippen LogP contribution in [0.3, 0.4) is 0 Å². The molecule has 0 aromatic carbocycles. The number of nitrogens with one attached hydrogen (secondary N) is 1. The molecule has 0 aliphatic rings. The summed E-state index contributed by atoms with van der Waals surface area (Å²) >= 11 is 0. The third-order valence-electron chi connectivity index (χ3n) is 3.02. The SMILES string of the molecule is CCC(C)(C)NC(=O)CN(C)CCCCCN. The Morgan fingerprint density at radius 1 is 1.29 bits per heavy atom. The highest BCUT2D eigenvalue weighted by Crippen LogP contribution is 2.06. The van der Waals surface area contributed by atoms with Crippen LogP contribution in [-0.2, 0) is 4.79 Å². The summed E-state index contributed by atoms with van der Waals surface area (Å²) in [5.41, 5.74) is 5.33. The summed E-state index contributed by atoms with van der Waals surface area (Å²) in [4.78, 5) is 13.8. The molecule has 0 unspecified atom stereocenters. The molecule has 0 spiro atoms. The third kappa shape index (κ3) is 9.12. The van der Waals surface area contributed by atoms with Gasteiger partial charge in [0.1, 0.15) is 0 Å². The summed E-state index contributed by atoms with van der Waals surface area (Å²) in [6.07, 6.45) is 4.27. The summed E-state index contributed by atoms with van der Waals surface area (Å²) in [7, 11) is 1.99. The van der Waals surface area contributed by atoms with Crippen molar-refractivity contribution >= 4 is 5.91 Å². The summed E-state index contributed by atoms with van der Waals surface area (Å²) in [5, 5.41) is 3.04. The van der Waals surface area contributed by atoms with Gasteiger partial charge in [-0.15, -0.1) is 0 Å². The van der Waals surface area contributed by atoms with E-state index in [9.17, 15) is 4.79 Å². The van der Waals surface area contributed by atoms with Gasteiger partial charge in [-0.3, -0.25) is 9.69 Å². The molecule has 0 aliphatic carbocycles. The van der Waals surface area contributed by atoms with E-state index in [0.29, 0.717) is 6.54 Å². The van der Waals surface area contributed by atoms with Gasteiger partial charge in [0.25, 0.3) is 0 Å². The maximum atomic E-state index is 11.7. The Morgan fingerprint density at radius 2 is 1.94 bits per heavy atom. The fraction of sp³-hybridized carbons (Fsp3) is 0.923. The Morgan fingerprint density at radius 3 is 2.47 bits per heavy atom. The predicted molar refractivity (Wildman–Crippen MR) is 72.9 cm³/mol. The molecule has 3 N–H and O–H groups in total. The molecular weight excluding hydrogens is 214 g/mol. The number of nitrogens with zero attached hydrogens (tertiary/aromatic N) is 1. The fourth-order valence-corrected chi connectivity index (χ4v) is 1.53. The van der Waals surface area contributed by atoms with Crippen molar-refractivity contribution in [3.05, 3.63) is 0 Å². The van der Waals surface area contributed by atoms with Crippen LogP contribution >= 0.6 is 0 Å². The largest absolute Gasteiger partial charge is 0.350 e. The van der Waals surface area contributed by atoms with Gasteiger partial charge in [-0.25, -0.2) is 0 Å². The number of hydrogen-bond acceptors (Lipinski definition) is 3. The number of rotatable bonds is 9. The smallest absolute Gasteiger partial charge is 0.234 e. The Hall–Kier alpha value is -0.610. The topological polar surface area (TPSA) is 58.4 Å². The first-order valence-electron chi connectivity index (χ1n) is 6.61. The minimum Gasteiger partial charge on any atom is -0.350 e. The van der Waals surface area contributed by atoms with Gasteiger partial charge in [0.05, 0.1) is 6.54 Å². The first-order chi connectivity index (χ1) is 7.91. The van der Waals surface area contributed by atoms with Gasteiger partial charge < -0.3 is 11.1 Å². The normalized spacial score (nSPS) is 11.9. The molecule has 0 heterocycles. The molecule has 0 bridgehead atoms. The lowest BCUT2D eigenvalue weighted by Crippen LogP contribution is -2.46. The van der Waals surface area contributed by atoms with Crippen molar-refractivity contribution in [2.45, 2.75) is 52.0 Å². The maximum absolute atomic E-state index is 11.7. The summed E-state index contributed by atoms with van der Waals surface area (Å²) in [6, 6.07) is 0. The molecule has 0 rings (SSSR count). The van der Waals surface area contributed by atoms with E-state index in [1.807, 2.05) is 20.9 Å². The van der Waals surface area contributed by atoms with E-state index in [-0.39, 0.29) is 11.4 Å². The molecule has 0 saturated heterocycles. The molecule has 0 atom stereocenters. The number of hydrogen-bond donors (Lipinski definition) is 2. The van der Waals surface area contributed by atoms with Crippen molar-refractivity contribution in [1.29, 1.82) is 0 Å². The second-order valence-electron chi connectivity index (χ2n) is 5.37. The average Bonchev–Trinajstić information content (AvgIpc) is 2.23. The van der Waals surface area contributed by atoms with Crippen molar-refractivity contribution < 1.29 is 4.79 Å². The van der Waals surface area contributed by atoms with Crippen LogP contribution in [0, 0.1) is 0 Å². The minimum atomic E-state index is -0.0997. The van der Waals surface area contributed by atoms with E-state index in [1.165, 1.54) is 0 Å². The lowest BCUT2D eigenvalue weighted by atomic mass is 10.0. The molecule has 4 heteroatoms. The molecule has 4 nitrogen and oxygen atoms in total. The summed E-state index contributed by atoms with van der Waals surface area (Å²) in [5.74, 6) is 0.109. The van der Waals surface area contributed by atoms with Crippen LogP contribution in [0.25, 0.3) is 0 Å². The molecule has 0 aliphatic heterocycles. The van der Waals surface area contributed by atoms with Gasteiger partial charge in [0.2, 0.25) is 5.91 Å². The molecule has 1 amide bonds. The number of carbonyl (C=O) groups excluding carboxylic acids is 1. The molecule has 0 aromatic rings. The highest BCUT2D eigenvalue weighted by Gasteiger charge is 2.18. The van der Waals surface area contributed by atoms with Crippen molar-refractivity contribution in [2.24, 2.45) is 5.73 Å². The first kappa shape index (κ1) is 16.4. The zero-order valence-corrected chi connectivity index (χ0v) is 11.9. The van der Waals surface area contributed by atoms with E-state index < -0.39 is 0 Å². The molecule has 0 fully saturated rings. The van der Waals surface area contributed by atoms with Crippen LogP contribution in [0.4, 0.5) is 0 Å². The number of nitrogens with two attached hydrogens (primary N) is 1. The van der Waals surface area contributed by atoms with Crippen LogP contribution in [-0.4, -0.2) is 43.0 Å². The third-order valence-corrected chi connectivity index (χ3v) is 3.02. The first-order valence-corrected chi connectivity index (χ1v) is 6.61. The standard InChI is InChI=1S/C13H29N3O/c1-5-13(2,3)15-12(17)11-16(4)10-8-6-7-9-14/h5-11,14H2,1-4H3,(H,15,17). The van der Waals surface area contributed by atoms with Crippen LogP contribution in [0.15, 0.2) is 0 Å². The van der Waals surface area contributed by atoms with Gasteiger partial charge in [-0.05, 0) is 53.2 Å². The van der Waals surface area contributed by atoms with Crippen LogP contribution in [0.5, 0.6) is 0 Å². The van der Waals surface area contributed by atoms with Gasteiger partial charge in [0, 0.05) is 5.54 Å². The molecule has 102 valence electrons. The highest BCUT2D eigenvalue weighted by molar-refractivity contribution is 5.78. The number of carbonyl (C=O) groups is 1. The molecule has 0 aromatic heterocycles. The number of likely N-dealkylation sites (N-methyl/N-ethyl adjacent to an activating group) is 1. The van der Waals surface area contributed by atoms with E-state index in [2.05, 4.69) is 17.1 Å². The second-order valence-corrected chi connectivity index (χ2v) is 5.37.